The van der Waals surface area contributed by atoms with Crippen LogP contribution in [0.15, 0.2) is 48.5 Å². The lowest BCUT2D eigenvalue weighted by Gasteiger charge is -2.16. The monoisotopic (exact) mass is 307 g/mol. The summed E-state index contributed by atoms with van der Waals surface area (Å²) in [7, 11) is 0. The van der Waals surface area contributed by atoms with Gasteiger partial charge in [0.2, 0.25) is 5.91 Å². The highest BCUT2D eigenvalue weighted by Crippen LogP contribution is 2.18. The number of hydrogen-bond acceptors (Lipinski definition) is 3. The average Bonchev–Trinajstić information content (AvgIpc) is 2.55. The van der Waals surface area contributed by atoms with Gasteiger partial charge in [0.1, 0.15) is 12.1 Å². The van der Waals surface area contributed by atoms with E-state index in [-0.39, 0.29) is 5.91 Å². The zero-order chi connectivity index (χ0) is 16.8. The van der Waals surface area contributed by atoms with Gasteiger partial charge in [-0.15, -0.1) is 0 Å². The molecular formula is C19H21N3O. The second kappa shape index (κ2) is 7.46. The number of benzene rings is 2. The van der Waals surface area contributed by atoms with Crippen molar-refractivity contribution in [2.75, 3.05) is 10.6 Å². The van der Waals surface area contributed by atoms with Crippen LogP contribution >= 0.6 is 0 Å². The van der Waals surface area contributed by atoms with E-state index < -0.39 is 6.04 Å². The van der Waals surface area contributed by atoms with Crippen LogP contribution in [-0.2, 0) is 4.79 Å². The van der Waals surface area contributed by atoms with Crippen molar-refractivity contribution in [3.63, 3.8) is 0 Å². The van der Waals surface area contributed by atoms with E-state index in [0.29, 0.717) is 17.2 Å². The SMILES string of the molecule is CC(C)c1ccc(N[C@H](C)C(=O)Nc2ccccc2C#N)cc1. The summed E-state index contributed by atoms with van der Waals surface area (Å²) < 4.78 is 0. The zero-order valence-electron chi connectivity index (χ0n) is 13.6. The first-order chi connectivity index (χ1) is 11.0. The quantitative estimate of drug-likeness (QED) is 0.873. The molecule has 2 aromatic carbocycles. The summed E-state index contributed by atoms with van der Waals surface area (Å²) in [5, 5.41) is 15.0. The average molecular weight is 307 g/mol. The van der Waals surface area contributed by atoms with Crippen molar-refractivity contribution in [3.8, 4) is 6.07 Å². The van der Waals surface area contributed by atoms with Crippen LogP contribution in [0.25, 0.3) is 0 Å². The minimum atomic E-state index is -0.411. The maximum atomic E-state index is 12.3. The standard InChI is InChI=1S/C19H21N3O/c1-13(2)15-8-10-17(11-9-15)21-14(3)19(23)22-18-7-5-4-6-16(18)12-20/h4-11,13-14,21H,1-3H3,(H,22,23)/t14-/m1/s1. The Morgan fingerprint density at radius 3 is 2.30 bits per heavy atom. The van der Waals surface area contributed by atoms with E-state index in [1.807, 2.05) is 12.1 Å². The Morgan fingerprint density at radius 1 is 1.04 bits per heavy atom. The summed E-state index contributed by atoms with van der Waals surface area (Å²) in [4.78, 5) is 12.3. The van der Waals surface area contributed by atoms with Crippen LogP contribution in [0, 0.1) is 11.3 Å². The molecule has 2 rings (SSSR count). The number of carbonyl (C=O) groups excluding carboxylic acids is 1. The van der Waals surface area contributed by atoms with E-state index >= 15 is 0 Å². The van der Waals surface area contributed by atoms with Gasteiger partial charge < -0.3 is 10.6 Å². The number of rotatable bonds is 5. The number of nitrogens with zero attached hydrogens (tertiary/aromatic N) is 1. The molecule has 1 amide bonds. The van der Waals surface area contributed by atoms with Gasteiger partial charge in [-0.05, 0) is 42.7 Å². The van der Waals surface area contributed by atoms with E-state index in [2.05, 4.69) is 42.7 Å². The largest absolute Gasteiger partial charge is 0.374 e. The van der Waals surface area contributed by atoms with E-state index in [4.69, 9.17) is 5.26 Å². The first-order valence-corrected chi connectivity index (χ1v) is 7.67. The Kier molecular flexibility index (Phi) is 5.37. The van der Waals surface area contributed by atoms with Gasteiger partial charge in [0.25, 0.3) is 0 Å². The lowest BCUT2D eigenvalue weighted by atomic mass is 10.0. The molecule has 0 radical (unpaired) electrons. The van der Waals surface area contributed by atoms with Crippen molar-refractivity contribution in [1.29, 1.82) is 5.26 Å². The number of nitriles is 1. The number of para-hydroxylation sites is 1. The van der Waals surface area contributed by atoms with Gasteiger partial charge in [0.15, 0.2) is 0 Å². The topological polar surface area (TPSA) is 64.9 Å². The molecule has 1 atom stereocenters. The molecule has 0 fully saturated rings. The van der Waals surface area contributed by atoms with Gasteiger partial charge in [0, 0.05) is 5.69 Å². The molecule has 0 bridgehead atoms. The molecule has 0 heterocycles. The third-order valence-corrected chi connectivity index (χ3v) is 3.66. The minimum Gasteiger partial charge on any atom is -0.374 e. The molecule has 0 aliphatic rings. The van der Waals surface area contributed by atoms with E-state index in [1.54, 1.807) is 31.2 Å². The van der Waals surface area contributed by atoms with Crippen molar-refractivity contribution in [2.45, 2.75) is 32.7 Å². The summed E-state index contributed by atoms with van der Waals surface area (Å²) >= 11 is 0. The summed E-state index contributed by atoms with van der Waals surface area (Å²) in [5.74, 6) is 0.299. The predicted octanol–water partition coefficient (Wildman–Crippen LogP) is 4.12. The molecule has 0 aliphatic carbocycles. The van der Waals surface area contributed by atoms with E-state index in [0.717, 1.165) is 5.69 Å². The first-order valence-electron chi connectivity index (χ1n) is 7.67. The normalized spacial score (nSPS) is 11.6. The van der Waals surface area contributed by atoms with E-state index in [1.165, 1.54) is 5.56 Å². The van der Waals surface area contributed by atoms with Crippen molar-refractivity contribution < 1.29 is 4.79 Å². The lowest BCUT2D eigenvalue weighted by Crippen LogP contribution is -2.32. The molecule has 4 heteroatoms. The molecular weight excluding hydrogens is 286 g/mol. The van der Waals surface area contributed by atoms with Crippen LogP contribution in [0.1, 0.15) is 37.8 Å². The third kappa shape index (κ3) is 4.33. The van der Waals surface area contributed by atoms with Crippen LogP contribution in [0.4, 0.5) is 11.4 Å². The predicted molar refractivity (Wildman–Crippen MR) is 93.4 cm³/mol. The molecule has 0 unspecified atom stereocenters. The number of carbonyl (C=O) groups is 1. The molecule has 2 aromatic rings. The molecule has 0 saturated carbocycles. The first kappa shape index (κ1) is 16.6. The Bertz CT molecular complexity index is 714. The smallest absolute Gasteiger partial charge is 0.246 e. The maximum absolute atomic E-state index is 12.3. The number of amides is 1. The highest BCUT2D eigenvalue weighted by molar-refractivity contribution is 5.97. The number of nitrogens with one attached hydrogen (secondary N) is 2. The Labute approximate surface area is 137 Å². The number of hydrogen-bond donors (Lipinski definition) is 2. The molecule has 0 aliphatic heterocycles. The van der Waals surface area contributed by atoms with Crippen molar-refractivity contribution >= 4 is 17.3 Å². The molecule has 0 aromatic heterocycles. The van der Waals surface area contributed by atoms with Crippen LogP contribution in [0.3, 0.4) is 0 Å². The zero-order valence-corrected chi connectivity index (χ0v) is 13.6. The Morgan fingerprint density at radius 2 is 1.70 bits per heavy atom. The second-order valence-corrected chi connectivity index (χ2v) is 5.79. The molecule has 4 nitrogen and oxygen atoms in total. The van der Waals surface area contributed by atoms with Crippen LogP contribution in [-0.4, -0.2) is 11.9 Å². The number of anilines is 2. The van der Waals surface area contributed by atoms with Gasteiger partial charge in [0.05, 0.1) is 11.3 Å². The third-order valence-electron chi connectivity index (χ3n) is 3.66. The van der Waals surface area contributed by atoms with Gasteiger partial charge >= 0.3 is 0 Å². The molecule has 23 heavy (non-hydrogen) atoms. The maximum Gasteiger partial charge on any atom is 0.246 e. The van der Waals surface area contributed by atoms with Crippen LogP contribution in [0.2, 0.25) is 0 Å². The van der Waals surface area contributed by atoms with Gasteiger partial charge in [-0.3, -0.25) is 4.79 Å². The summed E-state index contributed by atoms with van der Waals surface area (Å²) in [6, 6.07) is 16.7. The molecule has 0 spiro atoms. The van der Waals surface area contributed by atoms with Gasteiger partial charge in [-0.1, -0.05) is 38.1 Å². The molecule has 0 saturated heterocycles. The molecule has 118 valence electrons. The highest BCUT2D eigenvalue weighted by atomic mass is 16.2. The van der Waals surface area contributed by atoms with Crippen LogP contribution < -0.4 is 10.6 Å². The minimum absolute atomic E-state index is 0.180. The van der Waals surface area contributed by atoms with Crippen molar-refractivity contribution in [2.24, 2.45) is 0 Å². The summed E-state index contributed by atoms with van der Waals surface area (Å²) in [5.41, 5.74) is 3.14. The van der Waals surface area contributed by atoms with E-state index in [9.17, 15) is 4.79 Å². The van der Waals surface area contributed by atoms with Gasteiger partial charge in [-0.2, -0.15) is 5.26 Å². The molecule has 2 N–H and O–H groups in total. The fourth-order valence-corrected chi connectivity index (χ4v) is 2.21. The second-order valence-electron chi connectivity index (χ2n) is 5.79. The van der Waals surface area contributed by atoms with Gasteiger partial charge in [-0.25, -0.2) is 0 Å². The fourth-order valence-electron chi connectivity index (χ4n) is 2.21. The van der Waals surface area contributed by atoms with Crippen molar-refractivity contribution in [1.82, 2.24) is 0 Å². The highest BCUT2D eigenvalue weighted by Gasteiger charge is 2.14. The van der Waals surface area contributed by atoms with Crippen LogP contribution in [0.5, 0.6) is 0 Å². The lowest BCUT2D eigenvalue weighted by molar-refractivity contribution is -0.116. The fraction of sp³-hybridized carbons (Fsp3) is 0.263. The van der Waals surface area contributed by atoms with Crippen molar-refractivity contribution in [3.05, 3.63) is 59.7 Å². The summed E-state index contributed by atoms with van der Waals surface area (Å²) in [6.07, 6.45) is 0. The Balaban J connectivity index is 2.01. The Hall–Kier alpha value is -2.80. The summed E-state index contributed by atoms with van der Waals surface area (Å²) in [6.45, 7) is 6.08.